The highest BCUT2D eigenvalue weighted by Crippen LogP contribution is 2.17. The fourth-order valence-corrected chi connectivity index (χ4v) is 4.62. The molecule has 7 heteroatoms. The molecule has 0 aliphatic rings. The number of hydrogen-bond acceptors (Lipinski definition) is 4. The summed E-state index contributed by atoms with van der Waals surface area (Å²) in [7, 11) is 0. The molecule has 32 heavy (non-hydrogen) atoms. The summed E-state index contributed by atoms with van der Waals surface area (Å²) >= 11 is 1.27. The van der Waals surface area contributed by atoms with Crippen molar-refractivity contribution in [2.24, 2.45) is 0 Å². The monoisotopic (exact) mass is 447 g/mol. The summed E-state index contributed by atoms with van der Waals surface area (Å²) in [4.78, 5) is 39.1. The molecule has 2 aromatic heterocycles. The number of carbonyl (C=O) groups is 1. The van der Waals surface area contributed by atoms with Crippen molar-refractivity contribution in [1.29, 1.82) is 0 Å². The largest absolute Gasteiger partial charge is 0.352 e. The van der Waals surface area contributed by atoms with Crippen molar-refractivity contribution in [3.63, 3.8) is 0 Å². The molecular weight excluding hydrogens is 422 g/mol. The van der Waals surface area contributed by atoms with Crippen molar-refractivity contribution in [2.75, 3.05) is 0 Å². The van der Waals surface area contributed by atoms with Gasteiger partial charge in [0.05, 0.1) is 11.2 Å². The number of hydrogen-bond donors (Lipinski definition) is 1. The van der Waals surface area contributed by atoms with E-state index in [2.05, 4.69) is 17.4 Å². The zero-order valence-corrected chi connectivity index (χ0v) is 18.9. The molecule has 0 bridgehead atoms. The Morgan fingerprint density at radius 2 is 1.84 bits per heavy atom. The first kappa shape index (κ1) is 21.8. The lowest BCUT2D eigenvalue weighted by atomic mass is 10.1. The van der Waals surface area contributed by atoms with Gasteiger partial charge in [0.25, 0.3) is 5.56 Å². The van der Waals surface area contributed by atoms with Gasteiger partial charge in [-0.1, -0.05) is 42.5 Å². The molecule has 6 nitrogen and oxygen atoms in total. The SMILES string of the molecule is Cc1cccc(-n2c(=O)c3sccc3n(CC(=O)N[C@@H](C)CCc3ccccc3)c2=O)c1. The molecule has 0 saturated carbocycles. The number of amides is 1. The Morgan fingerprint density at radius 1 is 1.06 bits per heavy atom. The molecule has 0 spiro atoms. The van der Waals surface area contributed by atoms with E-state index in [1.165, 1.54) is 21.5 Å². The van der Waals surface area contributed by atoms with E-state index >= 15 is 0 Å². The van der Waals surface area contributed by atoms with Crippen LogP contribution in [0.25, 0.3) is 15.9 Å². The van der Waals surface area contributed by atoms with E-state index in [0.29, 0.717) is 15.9 Å². The van der Waals surface area contributed by atoms with Gasteiger partial charge in [-0.05, 0) is 61.4 Å². The van der Waals surface area contributed by atoms with Gasteiger partial charge in [-0.25, -0.2) is 9.36 Å². The minimum atomic E-state index is -0.515. The van der Waals surface area contributed by atoms with E-state index in [-0.39, 0.29) is 24.1 Å². The maximum absolute atomic E-state index is 13.3. The molecule has 1 atom stereocenters. The first-order valence-corrected chi connectivity index (χ1v) is 11.5. The van der Waals surface area contributed by atoms with Crippen LogP contribution >= 0.6 is 11.3 Å². The summed E-state index contributed by atoms with van der Waals surface area (Å²) in [5.41, 5.74) is 2.27. The number of rotatable bonds is 7. The molecule has 0 radical (unpaired) electrons. The van der Waals surface area contributed by atoms with E-state index in [9.17, 15) is 14.4 Å². The molecule has 0 saturated heterocycles. The first-order valence-electron chi connectivity index (χ1n) is 10.6. The highest BCUT2D eigenvalue weighted by atomic mass is 32.1. The van der Waals surface area contributed by atoms with Gasteiger partial charge in [-0.2, -0.15) is 0 Å². The maximum Gasteiger partial charge on any atom is 0.336 e. The molecule has 1 amide bonds. The molecule has 0 fully saturated rings. The number of benzene rings is 2. The lowest BCUT2D eigenvalue weighted by Gasteiger charge is -2.16. The number of aryl methyl sites for hydroxylation is 2. The van der Waals surface area contributed by atoms with Crippen LogP contribution in [-0.2, 0) is 17.8 Å². The number of nitrogens with one attached hydrogen (secondary N) is 1. The second-order valence-corrected chi connectivity index (χ2v) is 8.89. The third kappa shape index (κ3) is 4.57. The van der Waals surface area contributed by atoms with E-state index in [1.807, 2.05) is 38.1 Å². The highest BCUT2D eigenvalue weighted by molar-refractivity contribution is 7.17. The second kappa shape index (κ2) is 9.36. The van der Waals surface area contributed by atoms with Crippen LogP contribution < -0.4 is 16.6 Å². The quantitative estimate of drug-likeness (QED) is 0.470. The predicted octanol–water partition coefficient (Wildman–Crippen LogP) is 3.66. The second-order valence-electron chi connectivity index (χ2n) is 7.98. The van der Waals surface area contributed by atoms with Crippen LogP contribution in [-0.4, -0.2) is 21.1 Å². The Balaban J connectivity index is 1.59. The lowest BCUT2D eigenvalue weighted by molar-refractivity contribution is -0.122. The van der Waals surface area contributed by atoms with Crippen LogP contribution in [0.15, 0.2) is 75.6 Å². The van der Waals surface area contributed by atoms with Crippen molar-refractivity contribution in [3.8, 4) is 5.69 Å². The molecular formula is C25H25N3O3S. The molecule has 0 aliphatic heterocycles. The van der Waals surface area contributed by atoms with Gasteiger partial charge >= 0.3 is 5.69 Å². The number of aromatic nitrogens is 2. The molecule has 1 N–H and O–H groups in total. The zero-order chi connectivity index (χ0) is 22.7. The van der Waals surface area contributed by atoms with Crippen LogP contribution in [0.5, 0.6) is 0 Å². The summed E-state index contributed by atoms with van der Waals surface area (Å²) in [5.74, 6) is -0.255. The number of nitrogens with zero attached hydrogens (tertiary/aromatic N) is 2. The zero-order valence-electron chi connectivity index (χ0n) is 18.1. The fourth-order valence-electron chi connectivity index (χ4n) is 3.80. The van der Waals surface area contributed by atoms with Gasteiger partial charge in [0.2, 0.25) is 5.91 Å². The third-order valence-corrected chi connectivity index (χ3v) is 6.32. The Morgan fingerprint density at radius 3 is 2.59 bits per heavy atom. The van der Waals surface area contributed by atoms with Crippen molar-refractivity contribution >= 4 is 27.5 Å². The Bertz CT molecular complexity index is 1370. The van der Waals surface area contributed by atoms with Gasteiger partial charge in [-0.15, -0.1) is 11.3 Å². The van der Waals surface area contributed by atoms with E-state index in [4.69, 9.17) is 0 Å². The average Bonchev–Trinajstić information content (AvgIpc) is 3.26. The number of carbonyl (C=O) groups excluding carboxylic acids is 1. The Hall–Kier alpha value is -3.45. The van der Waals surface area contributed by atoms with E-state index in [1.54, 1.807) is 29.6 Å². The van der Waals surface area contributed by atoms with Crippen LogP contribution in [0.3, 0.4) is 0 Å². The smallest absolute Gasteiger partial charge is 0.336 e. The van der Waals surface area contributed by atoms with Crippen LogP contribution in [0.1, 0.15) is 24.5 Å². The Kier molecular flexibility index (Phi) is 6.37. The van der Waals surface area contributed by atoms with Gasteiger partial charge in [-0.3, -0.25) is 14.2 Å². The van der Waals surface area contributed by atoms with Crippen molar-refractivity contribution in [1.82, 2.24) is 14.5 Å². The molecule has 4 aromatic rings. The molecule has 0 unspecified atom stereocenters. The van der Waals surface area contributed by atoms with E-state index in [0.717, 1.165) is 23.0 Å². The summed E-state index contributed by atoms with van der Waals surface area (Å²) in [6.45, 7) is 3.71. The molecule has 2 heterocycles. The minimum Gasteiger partial charge on any atom is -0.352 e. The van der Waals surface area contributed by atoms with Crippen LogP contribution in [0.2, 0.25) is 0 Å². The highest BCUT2D eigenvalue weighted by Gasteiger charge is 2.18. The van der Waals surface area contributed by atoms with Gasteiger partial charge in [0, 0.05) is 6.04 Å². The molecule has 0 aliphatic carbocycles. The number of fused-ring (bicyclic) bond motifs is 1. The summed E-state index contributed by atoms with van der Waals surface area (Å²) < 4.78 is 2.99. The number of thiophene rings is 1. The average molecular weight is 448 g/mol. The minimum absolute atomic E-state index is 0.0425. The normalized spacial score (nSPS) is 12.1. The lowest BCUT2D eigenvalue weighted by Crippen LogP contribution is -2.43. The molecule has 2 aromatic carbocycles. The third-order valence-electron chi connectivity index (χ3n) is 5.43. The van der Waals surface area contributed by atoms with Crippen LogP contribution in [0, 0.1) is 6.92 Å². The van der Waals surface area contributed by atoms with Gasteiger partial charge < -0.3 is 5.32 Å². The summed E-state index contributed by atoms with van der Waals surface area (Å²) in [5, 5.41) is 4.75. The van der Waals surface area contributed by atoms with Crippen molar-refractivity contribution in [3.05, 3.63) is 98.0 Å². The fraction of sp³-hybridized carbons (Fsp3) is 0.240. The van der Waals surface area contributed by atoms with Crippen molar-refractivity contribution < 1.29 is 4.79 Å². The molecule has 4 rings (SSSR count). The van der Waals surface area contributed by atoms with Crippen molar-refractivity contribution in [2.45, 2.75) is 39.3 Å². The van der Waals surface area contributed by atoms with Gasteiger partial charge in [0.1, 0.15) is 11.2 Å². The predicted molar refractivity (Wildman–Crippen MR) is 129 cm³/mol. The first-order chi connectivity index (χ1) is 15.4. The Labute approximate surface area is 189 Å². The molecule has 164 valence electrons. The standard InChI is InChI=1S/C25H25N3O3S/c1-17-7-6-10-20(15-17)28-24(30)23-21(13-14-32-23)27(25(28)31)16-22(29)26-18(2)11-12-19-8-4-3-5-9-19/h3-10,13-15,18H,11-12,16H2,1-2H3,(H,26,29)/t18-/m0/s1. The van der Waals surface area contributed by atoms with Gasteiger partial charge in [0.15, 0.2) is 0 Å². The van der Waals surface area contributed by atoms with Crippen LogP contribution in [0.4, 0.5) is 0 Å². The van der Waals surface area contributed by atoms with E-state index < -0.39 is 5.69 Å². The topological polar surface area (TPSA) is 73.1 Å². The maximum atomic E-state index is 13.3. The summed E-state index contributed by atoms with van der Waals surface area (Å²) in [6.07, 6.45) is 1.65. The summed E-state index contributed by atoms with van der Waals surface area (Å²) in [6, 6.07) is 19.0.